The number of Topliss-reactive ketones (excluding diaryl/α,β-unsaturated/α-hetero) is 4. The van der Waals surface area contributed by atoms with Gasteiger partial charge in [-0.25, -0.2) is 19.2 Å². The van der Waals surface area contributed by atoms with E-state index in [1.54, 1.807) is 82.8 Å². The third-order valence-corrected chi connectivity index (χ3v) is 20.0. The lowest BCUT2D eigenvalue weighted by Gasteiger charge is -2.26. The second-order valence-corrected chi connectivity index (χ2v) is 27.3. The van der Waals surface area contributed by atoms with Crippen LogP contribution in [0.3, 0.4) is 0 Å². The highest BCUT2D eigenvalue weighted by molar-refractivity contribution is 6.45. The second-order valence-electron chi connectivity index (χ2n) is 27.3. The molecule has 28 heteroatoms. The topological polar surface area (TPSA) is 462 Å². The number of ketones is 4. The maximum Gasteiger partial charge on any atom is 0.341 e. The van der Waals surface area contributed by atoms with Crippen molar-refractivity contribution < 1.29 is 96.9 Å². The van der Waals surface area contributed by atoms with Crippen molar-refractivity contribution in [3.63, 3.8) is 0 Å². The molecule has 0 radical (unpaired) electrons. The Hall–Kier alpha value is -13.3. The number of hydrogen-bond acceptors (Lipinski definition) is 18. The number of aromatic nitrogens is 4. The minimum Gasteiger partial charge on any atom is -0.480 e. The zero-order valence-corrected chi connectivity index (χ0v) is 63.9. The summed E-state index contributed by atoms with van der Waals surface area (Å²) in [4.78, 5) is 140. The number of primary amides is 2. The van der Waals surface area contributed by atoms with E-state index in [1.165, 1.54) is 12.8 Å². The van der Waals surface area contributed by atoms with Crippen molar-refractivity contribution in [1.82, 2.24) is 29.9 Å². The molecule has 2 amide bonds. The van der Waals surface area contributed by atoms with Crippen LogP contribution in [0.1, 0.15) is 170 Å². The van der Waals surface area contributed by atoms with Crippen LogP contribution >= 0.6 is 0 Å². The van der Waals surface area contributed by atoms with E-state index in [1.807, 2.05) is 121 Å². The van der Waals surface area contributed by atoms with Gasteiger partial charge in [0.1, 0.15) is 23.0 Å². The van der Waals surface area contributed by atoms with Gasteiger partial charge >= 0.3 is 23.9 Å². The van der Waals surface area contributed by atoms with Gasteiger partial charge < -0.3 is 80.7 Å². The summed E-state index contributed by atoms with van der Waals surface area (Å²) >= 11 is 0. The van der Waals surface area contributed by atoms with Crippen molar-refractivity contribution in [3.05, 3.63) is 237 Å². The number of hydrogen-bond donors (Lipinski definition) is 8. The number of carbonyl (C=O) groups excluding carboxylic acids is 8. The van der Waals surface area contributed by atoms with Gasteiger partial charge in [-0.1, -0.05) is 125 Å². The molecule has 2 aliphatic carbocycles. The van der Waals surface area contributed by atoms with E-state index in [0.717, 1.165) is 99.7 Å². The van der Waals surface area contributed by atoms with Gasteiger partial charge in [-0.15, -0.1) is 0 Å². The Kier molecular flexibility index (Phi) is 29.5. The highest BCUT2D eigenvalue weighted by Crippen LogP contribution is 2.48. The third kappa shape index (κ3) is 19.3. The van der Waals surface area contributed by atoms with Gasteiger partial charge in [-0.2, -0.15) is 0 Å². The lowest BCUT2D eigenvalue weighted by Crippen LogP contribution is -2.24. The average Bonchev–Trinajstić information content (AvgIpc) is 1.53. The lowest BCUT2D eigenvalue weighted by molar-refractivity contribution is -0.140. The molecule has 14 N–H and O–H groups in total. The number of benzene rings is 3. The zero-order valence-electron chi connectivity index (χ0n) is 63.9. The van der Waals surface area contributed by atoms with E-state index < -0.39 is 85.3 Å². The van der Waals surface area contributed by atoms with Gasteiger partial charge in [0, 0.05) is 60.4 Å². The number of fused-ring (bicyclic) bond motifs is 4. The maximum absolute atomic E-state index is 12.8. The fourth-order valence-corrected chi connectivity index (χ4v) is 15.0. The van der Waals surface area contributed by atoms with Crippen LogP contribution in [0.25, 0.3) is 33.2 Å². The summed E-state index contributed by atoms with van der Waals surface area (Å²) in [6.07, 6.45) is 18.1. The number of ether oxygens (including phenoxy) is 4. The van der Waals surface area contributed by atoms with E-state index in [2.05, 4.69) is 6.92 Å². The van der Waals surface area contributed by atoms with E-state index in [0.29, 0.717) is 88.8 Å². The molecule has 28 nitrogen and oxygen atoms in total. The van der Waals surface area contributed by atoms with Crippen molar-refractivity contribution in [1.29, 1.82) is 0 Å². The number of rotatable bonds is 31. The Morgan fingerprint density at radius 1 is 0.439 bits per heavy atom. The van der Waals surface area contributed by atoms with E-state index in [9.17, 15) is 57.5 Å². The van der Waals surface area contributed by atoms with Crippen molar-refractivity contribution in [2.45, 2.75) is 118 Å². The van der Waals surface area contributed by atoms with E-state index in [4.69, 9.17) is 50.8 Å². The number of pyridine rings is 4. The number of aryl methyl sites for hydroxylation is 1. The first-order valence-corrected chi connectivity index (χ1v) is 36.7. The van der Waals surface area contributed by atoms with Crippen LogP contribution < -0.4 is 42.7 Å². The lowest BCUT2D eigenvalue weighted by atomic mass is 9.80. The summed E-state index contributed by atoms with van der Waals surface area (Å²) < 4.78 is 28.9. The summed E-state index contributed by atoms with van der Waals surface area (Å²) in [5.74, 6) is -6.97. The van der Waals surface area contributed by atoms with Crippen molar-refractivity contribution >= 4 is 93.5 Å². The normalized spacial score (nSPS) is 13.4. The average molecular weight is 1560 g/mol. The standard InChI is InChI=1S/C26H22N2O5.C22H20N2O5.C22H27NO5.C16H17NO5.2H3N/c1-16-20(14-18-10-5-6-11-19(18)17-8-3-2-4-9-17)28-13-7-12-21(33-15-22(29)30)24(28)23(16)25(31)26(27)32;23-22(28)21(27)19-18(14-8-9-14)15(11-13-5-2-1-3-6-13)24-10-4-7-16(20(19)24)29-12-17(25)26;1-3-16-17(11-15-8-6-14(2)7-9-15)23-10-4-5-19(28-13-20(26)27)22(23)21(16)18(25)12-24;1-3-10-11(4-2)17-7-5-6-13(22-9-14(20)21)16(17)15(10)12(19)8-18;;/h2-13H,14-15H2,1H3,(H2,27,32)(H,29,30);1-7,10,14H,8-9,11-12H2,(H2,23,28)(H,25,26);4-5,10,12,14-15H,3,6-9,11,13H2,1-2H3,(H,26,27);5-8H,3-4,9H2,1-2H3,(H,20,21);2*1H3. The van der Waals surface area contributed by atoms with Crippen molar-refractivity contribution in [3.8, 4) is 34.1 Å². The smallest absolute Gasteiger partial charge is 0.341 e. The van der Waals surface area contributed by atoms with Gasteiger partial charge in [0.15, 0.2) is 39.0 Å². The number of carbonyl (C=O) groups is 12. The zero-order chi connectivity index (χ0) is 80.6. The van der Waals surface area contributed by atoms with Crippen LogP contribution in [0, 0.1) is 18.8 Å². The molecular formula is C86H92N8O20. The Bertz CT molecular complexity index is 5450. The van der Waals surface area contributed by atoms with Gasteiger partial charge in [0.25, 0.3) is 23.4 Å². The van der Waals surface area contributed by atoms with Gasteiger partial charge in [0.2, 0.25) is 11.6 Å². The Balaban J connectivity index is 0.000000191. The summed E-state index contributed by atoms with van der Waals surface area (Å²) in [5.41, 5.74) is 24.2. The van der Waals surface area contributed by atoms with E-state index >= 15 is 0 Å². The molecule has 114 heavy (non-hydrogen) atoms. The molecular weight excluding hydrogens is 1460 g/mol. The predicted molar refractivity (Wildman–Crippen MR) is 424 cm³/mol. The number of amides is 2. The fourth-order valence-electron chi connectivity index (χ4n) is 15.0. The van der Waals surface area contributed by atoms with Crippen molar-refractivity contribution in [2.24, 2.45) is 23.3 Å². The van der Waals surface area contributed by atoms with Gasteiger partial charge in [-0.05, 0) is 169 Å². The summed E-state index contributed by atoms with van der Waals surface area (Å²) in [7, 11) is 0. The largest absolute Gasteiger partial charge is 0.480 e. The van der Waals surface area contributed by atoms with Crippen LogP contribution in [0.2, 0.25) is 0 Å². The van der Waals surface area contributed by atoms with Crippen LogP contribution in [-0.2, 0) is 76.9 Å². The molecule has 2 fully saturated rings. The number of carboxylic acid groups (broad SMARTS) is 4. The van der Waals surface area contributed by atoms with Crippen LogP contribution in [0.4, 0.5) is 0 Å². The molecule has 2 saturated carbocycles. The first-order chi connectivity index (χ1) is 53.8. The molecule has 3 aromatic carbocycles. The van der Waals surface area contributed by atoms with Crippen LogP contribution in [-0.4, -0.2) is 136 Å². The number of nitrogens with two attached hydrogens (primary N) is 2. The number of aliphatic carboxylic acids is 4. The number of nitrogens with zero attached hydrogens (tertiary/aromatic N) is 4. The van der Waals surface area contributed by atoms with Gasteiger partial charge in [-0.3, -0.25) is 38.4 Å². The molecule has 2 aliphatic rings. The minimum absolute atomic E-state index is 0. The predicted octanol–water partition coefficient (Wildman–Crippen LogP) is 12.1. The molecule has 0 atom stereocenters. The summed E-state index contributed by atoms with van der Waals surface area (Å²) in [6.45, 7) is 7.73. The Morgan fingerprint density at radius 3 is 1.25 bits per heavy atom. The first-order valence-electron chi connectivity index (χ1n) is 36.7. The molecule has 8 aromatic heterocycles. The molecule has 13 rings (SSSR count). The molecule has 0 spiro atoms. The molecule has 8 heterocycles. The van der Waals surface area contributed by atoms with E-state index in [-0.39, 0.29) is 52.9 Å². The maximum atomic E-state index is 12.8. The molecule has 0 saturated heterocycles. The molecule has 0 aliphatic heterocycles. The quantitative estimate of drug-likeness (QED) is 0.0114. The fraction of sp³-hybridized carbons (Fsp3) is 0.279. The molecule has 11 aromatic rings. The van der Waals surface area contributed by atoms with Crippen molar-refractivity contribution in [2.75, 3.05) is 26.4 Å². The SMILES string of the molecule is CCc1c(C(=O)C=O)c2c(OCC(=O)O)cccn2c1CC.CCc1c(C(=O)C=O)c2c(OCC(=O)O)cccn2c1CC1CCC(C)CC1.Cc1c(C(=O)C(N)=O)c2c(OCC(=O)O)cccn2c1Cc1ccccc1-c1ccccc1.N.N.NC(=O)C(=O)c1c(C2CC2)c(Cc2ccccc2)n2cccc(OCC(=O)O)c12. The van der Waals surface area contributed by atoms with Crippen LogP contribution in [0.15, 0.2) is 158 Å². The Labute approximate surface area is 655 Å². The third-order valence-electron chi connectivity index (χ3n) is 20.0. The molecule has 0 unspecified atom stereocenters. The first kappa shape index (κ1) is 86.3. The second kappa shape index (κ2) is 39.0. The van der Waals surface area contributed by atoms with Crippen LogP contribution in [0.5, 0.6) is 23.0 Å². The molecule has 596 valence electrons. The number of aldehydes is 2. The minimum atomic E-state index is -1.15. The summed E-state index contributed by atoms with van der Waals surface area (Å²) in [6, 6.07) is 41.1. The van der Waals surface area contributed by atoms with Gasteiger partial charge in [0.05, 0.1) is 44.3 Å². The Morgan fingerprint density at radius 2 is 0.825 bits per heavy atom. The summed E-state index contributed by atoms with van der Waals surface area (Å²) in [5, 5.41) is 35.8. The monoisotopic (exact) mass is 1560 g/mol. The highest BCUT2D eigenvalue weighted by atomic mass is 16.5. The number of carboxylic acids is 4. The molecule has 0 bridgehead atoms. The highest BCUT2D eigenvalue weighted by Gasteiger charge is 2.38.